The summed E-state index contributed by atoms with van der Waals surface area (Å²) in [4.78, 5) is 0. The van der Waals surface area contributed by atoms with Crippen molar-refractivity contribution in [2.75, 3.05) is 0 Å². The van der Waals surface area contributed by atoms with Crippen molar-refractivity contribution >= 4 is 11.6 Å². The van der Waals surface area contributed by atoms with Crippen molar-refractivity contribution < 1.29 is 14.6 Å². The Labute approximate surface area is 186 Å². The molecule has 0 atom stereocenters. The van der Waals surface area contributed by atoms with Gasteiger partial charge in [-0.3, -0.25) is 4.68 Å². The summed E-state index contributed by atoms with van der Waals surface area (Å²) in [5, 5.41) is 15.8. The van der Waals surface area contributed by atoms with Gasteiger partial charge in [0, 0.05) is 23.7 Å². The number of phenolic OH excluding ortho intramolecular Hbond substituents is 1. The van der Waals surface area contributed by atoms with Crippen LogP contribution in [-0.2, 0) is 20.1 Å². The van der Waals surface area contributed by atoms with Gasteiger partial charge in [0.25, 0.3) is 0 Å². The number of aromatic hydroxyl groups is 1. The highest BCUT2D eigenvalue weighted by Crippen LogP contribution is 2.38. The van der Waals surface area contributed by atoms with E-state index in [1.807, 2.05) is 55.6 Å². The van der Waals surface area contributed by atoms with Gasteiger partial charge in [0.15, 0.2) is 5.75 Å². The third kappa shape index (κ3) is 5.01. The molecular formula is C25H23ClN2O3. The molecule has 0 unspecified atom stereocenters. The van der Waals surface area contributed by atoms with Crippen molar-refractivity contribution in [2.45, 2.75) is 20.0 Å². The van der Waals surface area contributed by atoms with Crippen LogP contribution in [0, 0.1) is 0 Å². The summed E-state index contributed by atoms with van der Waals surface area (Å²) < 4.78 is 13.5. The van der Waals surface area contributed by atoms with E-state index in [4.69, 9.17) is 21.1 Å². The molecule has 1 N–H and O–H groups in total. The number of phenols is 1. The smallest absolute Gasteiger partial charge is 0.173 e. The van der Waals surface area contributed by atoms with Crippen LogP contribution in [0.2, 0.25) is 5.02 Å². The van der Waals surface area contributed by atoms with Crippen LogP contribution in [0.15, 0.2) is 72.9 Å². The molecule has 158 valence electrons. The Morgan fingerprint density at radius 3 is 2.29 bits per heavy atom. The molecule has 1 heterocycles. The fourth-order valence-electron chi connectivity index (χ4n) is 3.20. The average molecular weight is 435 g/mol. The molecule has 0 fully saturated rings. The van der Waals surface area contributed by atoms with Crippen LogP contribution in [0.1, 0.15) is 18.1 Å². The molecule has 0 saturated heterocycles. The molecule has 0 spiro atoms. The average Bonchev–Trinajstić information content (AvgIpc) is 3.13. The summed E-state index contributed by atoms with van der Waals surface area (Å²) in [7, 11) is 1.82. The first-order chi connectivity index (χ1) is 15.0. The molecule has 31 heavy (non-hydrogen) atoms. The van der Waals surface area contributed by atoms with Crippen molar-refractivity contribution in [2.24, 2.45) is 7.05 Å². The zero-order valence-corrected chi connectivity index (χ0v) is 18.1. The lowest BCUT2D eigenvalue weighted by molar-refractivity contribution is 0.304. The molecule has 1 aromatic heterocycles. The number of halogens is 1. The van der Waals surface area contributed by atoms with Crippen molar-refractivity contribution in [3.8, 4) is 34.3 Å². The molecule has 0 radical (unpaired) electrons. The molecule has 4 aromatic rings. The van der Waals surface area contributed by atoms with Gasteiger partial charge in [0.05, 0.1) is 6.20 Å². The lowest BCUT2D eigenvalue weighted by Crippen LogP contribution is -1.95. The molecule has 0 aliphatic heterocycles. The summed E-state index contributed by atoms with van der Waals surface area (Å²) in [5.41, 5.74) is 3.36. The number of ether oxygens (including phenoxy) is 2. The normalized spacial score (nSPS) is 10.8. The molecule has 0 bridgehead atoms. The minimum atomic E-state index is 0.0680. The van der Waals surface area contributed by atoms with Gasteiger partial charge < -0.3 is 14.6 Å². The molecule has 0 aliphatic carbocycles. The Kier molecular flexibility index (Phi) is 6.14. The summed E-state index contributed by atoms with van der Waals surface area (Å²) in [6, 6.07) is 20.6. The van der Waals surface area contributed by atoms with Gasteiger partial charge in [0.2, 0.25) is 0 Å². The number of hydrogen-bond acceptors (Lipinski definition) is 4. The quantitative estimate of drug-likeness (QED) is 0.366. The summed E-state index contributed by atoms with van der Waals surface area (Å²) in [6.07, 6.45) is 2.76. The first-order valence-electron chi connectivity index (χ1n) is 10.0. The molecule has 6 heteroatoms. The second kappa shape index (κ2) is 9.14. The maximum absolute atomic E-state index is 10.6. The van der Waals surface area contributed by atoms with Crippen molar-refractivity contribution in [1.29, 1.82) is 0 Å². The topological polar surface area (TPSA) is 56.5 Å². The van der Waals surface area contributed by atoms with E-state index < -0.39 is 0 Å². The van der Waals surface area contributed by atoms with Gasteiger partial charge in [-0.2, -0.15) is 5.10 Å². The fraction of sp³-hybridized carbons (Fsp3) is 0.160. The maximum atomic E-state index is 10.6. The van der Waals surface area contributed by atoms with Gasteiger partial charge in [-0.15, -0.1) is 0 Å². The molecule has 4 rings (SSSR count). The summed E-state index contributed by atoms with van der Waals surface area (Å²) in [5.74, 6) is 1.91. The van der Waals surface area contributed by atoms with Crippen LogP contribution < -0.4 is 9.47 Å². The number of nitrogens with zero attached hydrogens (tertiary/aromatic N) is 2. The molecular weight excluding hydrogens is 412 g/mol. The lowest BCUT2D eigenvalue weighted by Gasteiger charge is -2.10. The van der Waals surface area contributed by atoms with E-state index in [0.29, 0.717) is 40.1 Å². The first kappa shape index (κ1) is 20.8. The van der Waals surface area contributed by atoms with E-state index in [2.05, 4.69) is 12.0 Å². The third-order valence-electron chi connectivity index (χ3n) is 4.90. The summed E-state index contributed by atoms with van der Waals surface area (Å²) in [6.45, 7) is 2.49. The highest BCUT2D eigenvalue weighted by molar-refractivity contribution is 6.30. The predicted octanol–water partition coefficient (Wildman–Crippen LogP) is 6.38. The van der Waals surface area contributed by atoms with Crippen LogP contribution in [0.4, 0.5) is 0 Å². The van der Waals surface area contributed by atoms with Gasteiger partial charge in [-0.25, -0.2) is 0 Å². The van der Waals surface area contributed by atoms with Crippen LogP contribution >= 0.6 is 11.6 Å². The zero-order valence-electron chi connectivity index (χ0n) is 17.4. The number of hydrogen-bond donors (Lipinski definition) is 1. The van der Waals surface area contributed by atoms with Gasteiger partial charge in [-0.05, 0) is 53.9 Å². The monoisotopic (exact) mass is 434 g/mol. The van der Waals surface area contributed by atoms with E-state index in [-0.39, 0.29) is 5.75 Å². The summed E-state index contributed by atoms with van der Waals surface area (Å²) >= 11 is 5.91. The minimum absolute atomic E-state index is 0.0680. The van der Waals surface area contributed by atoms with Crippen molar-refractivity contribution in [3.05, 3.63) is 89.1 Å². The Bertz CT molecular complexity index is 1170. The second-order valence-corrected chi connectivity index (χ2v) is 7.65. The molecule has 0 saturated carbocycles. The highest BCUT2D eigenvalue weighted by Gasteiger charge is 2.17. The number of benzene rings is 3. The van der Waals surface area contributed by atoms with E-state index in [1.165, 1.54) is 5.56 Å². The highest BCUT2D eigenvalue weighted by atomic mass is 35.5. The van der Waals surface area contributed by atoms with E-state index >= 15 is 0 Å². The number of rotatable bonds is 7. The third-order valence-corrected chi connectivity index (χ3v) is 5.15. The van der Waals surface area contributed by atoms with E-state index in [9.17, 15) is 5.11 Å². The minimum Gasteiger partial charge on any atom is -0.507 e. The second-order valence-electron chi connectivity index (χ2n) is 7.21. The van der Waals surface area contributed by atoms with Crippen molar-refractivity contribution in [1.82, 2.24) is 9.78 Å². The maximum Gasteiger partial charge on any atom is 0.173 e. The SMILES string of the molecule is CCc1ccc(Oc2cn(C)nc2-c2ccc(OCc3ccc(Cl)cc3)cc2O)cc1. The standard InChI is InChI=1S/C25H23ClN2O3/c1-3-17-6-10-20(11-7-17)31-24-15-28(2)27-25(24)22-13-12-21(14-23(22)29)30-16-18-4-8-19(26)9-5-18/h4-15,29H,3,16H2,1-2H3. The lowest BCUT2D eigenvalue weighted by atomic mass is 10.1. The zero-order chi connectivity index (χ0) is 21.8. The predicted molar refractivity (Wildman–Crippen MR) is 122 cm³/mol. The van der Waals surface area contributed by atoms with Crippen LogP contribution in [-0.4, -0.2) is 14.9 Å². The molecule has 0 aliphatic rings. The number of aryl methyl sites for hydroxylation is 2. The molecule has 5 nitrogen and oxygen atoms in total. The molecule has 0 amide bonds. The van der Waals surface area contributed by atoms with E-state index in [1.54, 1.807) is 29.1 Å². The Hall–Kier alpha value is -3.44. The van der Waals surface area contributed by atoms with Crippen LogP contribution in [0.25, 0.3) is 11.3 Å². The van der Waals surface area contributed by atoms with E-state index in [0.717, 1.165) is 12.0 Å². The van der Waals surface area contributed by atoms with Crippen molar-refractivity contribution in [3.63, 3.8) is 0 Å². The molecule has 3 aromatic carbocycles. The Balaban J connectivity index is 1.53. The fourth-order valence-corrected chi connectivity index (χ4v) is 3.32. The van der Waals surface area contributed by atoms with Gasteiger partial charge >= 0.3 is 0 Å². The Morgan fingerprint density at radius 2 is 1.61 bits per heavy atom. The van der Waals surface area contributed by atoms with Crippen LogP contribution in [0.3, 0.4) is 0 Å². The van der Waals surface area contributed by atoms with Gasteiger partial charge in [0.1, 0.15) is 29.5 Å². The number of aromatic nitrogens is 2. The largest absolute Gasteiger partial charge is 0.507 e. The van der Waals surface area contributed by atoms with Crippen LogP contribution in [0.5, 0.6) is 23.0 Å². The Morgan fingerprint density at radius 1 is 0.935 bits per heavy atom. The first-order valence-corrected chi connectivity index (χ1v) is 10.4. The van der Waals surface area contributed by atoms with Gasteiger partial charge in [-0.1, -0.05) is 42.8 Å².